The average molecular weight is 377 g/mol. The van der Waals surface area contributed by atoms with E-state index >= 15 is 0 Å². The van der Waals surface area contributed by atoms with Gasteiger partial charge in [-0.15, -0.1) is 0 Å². The lowest BCUT2D eigenvalue weighted by Gasteiger charge is -2.35. The second kappa shape index (κ2) is 8.12. The van der Waals surface area contributed by atoms with Crippen molar-refractivity contribution in [3.05, 3.63) is 66.4 Å². The normalized spacial score (nSPS) is 14.2. The Balaban J connectivity index is 1.42. The zero-order chi connectivity index (χ0) is 19.3. The fourth-order valence-electron chi connectivity index (χ4n) is 3.37. The van der Waals surface area contributed by atoms with Gasteiger partial charge in [-0.2, -0.15) is 0 Å². The minimum absolute atomic E-state index is 0.0640. The first-order valence-electron chi connectivity index (χ1n) is 9.49. The molecule has 1 saturated heterocycles. The summed E-state index contributed by atoms with van der Waals surface area (Å²) in [6, 6.07) is 13.6. The van der Waals surface area contributed by atoms with Gasteiger partial charge in [-0.05, 0) is 30.2 Å². The Kier molecular flexibility index (Phi) is 5.23. The zero-order valence-electron chi connectivity index (χ0n) is 15.8. The van der Waals surface area contributed by atoms with Gasteiger partial charge in [0.05, 0.1) is 6.26 Å². The van der Waals surface area contributed by atoms with Crippen molar-refractivity contribution in [1.29, 1.82) is 0 Å². The third-order valence-electron chi connectivity index (χ3n) is 4.94. The summed E-state index contributed by atoms with van der Waals surface area (Å²) in [7, 11) is 0. The van der Waals surface area contributed by atoms with Gasteiger partial charge in [0.1, 0.15) is 18.0 Å². The summed E-state index contributed by atoms with van der Waals surface area (Å²) in [5.41, 5.74) is 2.30. The first-order chi connectivity index (χ1) is 13.7. The number of piperazine rings is 1. The van der Waals surface area contributed by atoms with Crippen molar-refractivity contribution in [2.24, 2.45) is 0 Å². The van der Waals surface area contributed by atoms with Crippen molar-refractivity contribution < 1.29 is 9.21 Å². The van der Waals surface area contributed by atoms with Crippen molar-refractivity contribution in [2.45, 2.75) is 13.3 Å². The minimum Gasteiger partial charge on any atom is -0.459 e. The van der Waals surface area contributed by atoms with Crippen molar-refractivity contribution in [3.8, 4) is 0 Å². The largest absolute Gasteiger partial charge is 0.459 e. The fraction of sp³-hybridized carbons (Fsp3) is 0.286. The van der Waals surface area contributed by atoms with E-state index in [1.165, 1.54) is 11.8 Å². The molecule has 2 aromatic heterocycles. The van der Waals surface area contributed by atoms with Crippen molar-refractivity contribution >= 4 is 23.2 Å². The van der Waals surface area contributed by atoms with E-state index in [9.17, 15) is 4.79 Å². The molecule has 7 nitrogen and oxygen atoms in total. The summed E-state index contributed by atoms with van der Waals surface area (Å²) < 4.78 is 5.22. The highest BCUT2D eigenvalue weighted by Crippen LogP contribution is 2.23. The standard InChI is InChI=1S/C21H23N5O2/c1-2-16-6-3-4-7-17(16)24-19-14-20(23-15-22-19)25-9-11-26(12-10-25)21(27)18-8-5-13-28-18/h3-8,13-15H,2,9-12H2,1H3,(H,22,23,24). The molecule has 0 atom stereocenters. The minimum atomic E-state index is -0.0640. The molecule has 1 fully saturated rings. The Bertz CT molecular complexity index is 933. The third kappa shape index (κ3) is 3.83. The number of nitrogens with one attached hydrogen (secondary N) is 1. The molecule has 0 spiro atoms. The van der Waals surface area contributed by atoms with Gasteiger partial charge < -0.3 is 19.5 Å². The molecule has 1 aromatic carbocycles. The molecule has 1 amide bonds. The summed E-state index contributed by atoms with van der Waals surface area (Å²) in [6.45, 7) is 4.83. The lowest BCUT2D eigenvalue weighted by Crippen LogP contribution is -2.49. The molecule has 1 aliphatic rings. The molecule has 0 aliphatic carbocycles. The topological polar surface area (TPSA) is 74.5 Å². The van der Waals surface area contributed by atoms with E-state index < -0.39 is 0 Å². The Morgan fingerprint density at radius 3 is 2.68 bits per heavy atom. The summed E-state index contributed by atoms with van der Waals surface area (Å²) in [4.78, 5) is 25.2. The predicted octanol–water partition coefficient (Wildman–Crippen LogP) is 3.34. The summed E-state index contributed by atoms with van der Waals surface area (Å²) >= 11 is 0. The summed E-state index contributed by atoms with van der Waals surface area (Å²) in [6.07, 6.45) is 4.05. The van der Waals surface area contributed by atoms with Crippen LogP contribution in [0, 0.1) is 0 Å². The molecule has 1 aliphatic heterocycles. The van der Waals surface area contributed by atoms with Crippen LogP contribution in [0.4, 0.5) is 17.3 Å². The maximum Gasteiger partial charge on any atom is 0.289 e. The van der Waals surface area contributed by atoms with E-state index in [0.717, 1.165) is 23.7 Å². The quantitative estimate of drug-likeness (QED) is 0.735. The molecule has 0 saturated carbocycles. The average Bonchev–Trinajstić information content (AvgIpc) is 3.29. The smallest absolute Gasteiger partial charge is 0.289 e. The maximum absolute atomic E-state index is 12.4. The van der Waals surface area contributed by atoms with Crippen LogP contribution in [0.1, 0.15) is 23.0 Å². The van der Waals surface area contributed by atoms with Gasteiger partial charge in [-0.1, -0.05) is 25.1 Å². The molecule has 7 heteroatoms. The molecular weight excluding hydrogens is 354 g/mol. The van der Waals surface area contributed by atoms with Crippen LogP contribution in [-0.4, -0.2) is 47.0 Å². The molecule has 0 radical (unpaired) electrons. The Hall–Kier alpha value is -3.35. The highest BCUT2D eigenvalue weighted by molar-refractivity contribution is 5.91. The van der Waals surface area contributed by atoms with Crippen molar-refractivity contribution in [2.75, 3.05) is 36.4 Å². The van der Waals surface area contributed by atoms with Crippen LogP contribution in [0.25, 0.3) is 0 Å². The maximum atomic E-state index is 12.4. The van der Waals surface area contributed by atoms with Gasteiger partial charge in [0.25, 0.3) is 5.91 Å². The van der Waals surface area contributed by atoms with Gasteiger partial charge >= 0.3 is 0 Å². The van der Waals surface area contributed by atoms with E-state index in [0.29, 0.717) is 31.9 Å². The number of hydrogen-bond acceptors (Lipinski definition) is 6. The number of benzene rings is 1. The van der Waals surface area contributed by atoms with E-state index in [-0.39, 0.29) is 5.91 Å². The number of carbonyl (C=O) groups excluding carboxylic acids is 1. The molecule has 144 valence electrons. The van der Waals surface area contributed by atoms with Gasteiger partial charge in [0.15, 0.2) is 5.76 Å². The number of nitrogens with zero attached hydrogens (tertiary/aromatic N) is 4. The second-order valence-electron chi connectivity index (χ2n) is 6.65. The number of aryl methyl sites for hydroxylation is 1. The second-order valence-corrected chi connectivity index (χ2v) is 6.65. The number of rotatable bonds is 5. The highest BCUT2D eigenvalue weighted by atomic mass is 16.3. The number of para-hydroxylation sites is 1. The number of anilines is 3. The molecule has 28 heavy (non-hydrogen) atoms. The summed E-state index contributed by atoms with van der Waals surface area (Å²) in [5.74, 6) is 1.94. The van der Waals surface area contributed by atoms with Crippen LogP contribution in [-0.2, 0) is 6.42 Å². The van der Waals surface area contributed by atoms with E-state index in [1.54, 1.807) is 18.5 Å². The van der Waals surface area contributed by atoms with Crippen molar-refractivity contribution in [1.82, 2.24) is 14.9 Å². The lowest BCUT2D eigenvalue weighted by atomic mass is 10.1. The van der Waals surface area contributed by atoms with Crippen LogP contribution in [0.15, 0.2) is 59.5 Å². The van der Waals surface area contributed by atoms with Crippen LogP contribution >= 0.6 is 0 Å². The number of carbonyl (C=O) groups is 1. The Labute approximate surface area is 164 Å². The van der Waals surface area contributed by atoms with Crippen LogP contribution in [0.2, 0.25) is 0 Å². The summed E-state index contributed by atoms with van der Waals surface area (Å²) in [5, 5.41) is 3.39. The van der Waals surface area contributed by atoms with E-state index in [1.807, 2.05) is 23.1 Å². The van der Waals surface area contributed by atoms with E-state index in [2.05, 4.69) is 39.2 Å². The molecule has 3 heterocycles. The Morgan fingerprint density at radius 1 is 1.11 bits per heavy atom. The molecule has 3 aromatic rings. The van der Waals surface area contributed by atoms with Gasteiger partial charge in [0, 0.05) is 37.9 Å². The first-order valence-corrected chi connectivity index (χ1v) is 9.49. The zero-order valence-corrected chi connectivity index (χ0v) is 15.8. The monoisotopic (exact) mass is 377 g/mol. The Morgan fingerprint density at radius 2 is 1.93 bits per heavy atom. The number of aromatic nitrogens is 2. The van der Waals surface area contributed by atoms with Gasteiger partial charge in [-0.3, -0.25) is 4.79 Å². The molecule has 0 unspecified atom stereocenters. The molecule has 0 bridgehead atoms. The highest BCUT2D eigenvalue weighted by Gasteiger charge is 2.24. The van der Waals surface area contributed by atoms with Crippen molar-refractivity contribution in [3.63, 3.8) is 0 Å². The van der Waals surface area contributed by atoms with Gasteiger partial charge in [0.2, 0.25) is 0 Å². The van der Waals surface area contributed by atoms with Crippen LogP contribution in [0.5, 0.6) is 0 Å². The van der Waals surface area contributed by atoms with Gasteiger partial charge in [-0.25, -0.2) is 9.97 Å². The third-order valence-corrected chi connectivity index (χ3v) is 4.94. The number of amides is 1. The number of hydrogen-bond donors (Lipinski definition) is 1. The lowest BCUT2D eigenvalue weighted by molar-refractivity contribution is 0.0714. The fourth-order valence-corrected chi connectivity index (χ4v) is 3.37. The first kappa shape index (κ1) is 18.0. The molecular formula is C21H23N5O2. The number of furan rings is 1. The van der Waals surface area contributed by atoms with Crippen LogP contribution in [0.3, 0.4) is 0 Å². The molecule has 1 N–H and O–H groups in total. The SMILES string of the molecule is CCc1ccccc1Nc1cc(N2CCN(C(=O)c3ccco3)CC2)ncn1. The van der Waals surface area contributed by atoms with E-state index in [4.69, 9.17) is 4.42 Å². The predicted molar refractivity (Wildman–Crippen MR) is 108 cm³/mol. The van der Waals surface area contributed by atoms with Crippen LogP contribution < -0.4 is 10.2 Å². The molecule has 4 rings (SSSR count).